The van der Waals surface area contributed by atoms with Gasteiger partial charge in [-0.25, -0.2) is 9.78 Å². The van der Waals surface area contributed by atoms with Crippen molar-refractivity contribution in [2.24, 2.45) is 12.2 Å². The number of carbonyl (C=O) groups excluding carboxylic acids is 3. The second-order valence-corrected chi connectivity index (χ2v) is 18.0. The highest BCUT2D eigenvalue weighted by atomic mass is 32.2. The van der Waals surface area contributed by atoms with Crippen LogP contribution in [0.3, 0.4) is 0 Å². The van der Waals surface area contributed by atoms with Gasteiger partial charge in [-0.05, 0) is 11.1 Å². The summed E-state index contributed by atoms with van der Waals surface area (Å²) in [5, 5.41) is 13.0. The Morgan fingerprint density at radius 1 is 0.859 bits per heavy atom. The Balaban J connectivity index is 1.04. The number of anilines is 1. The van der Waals surface area contributed by atoms with Gasteiger partial charge >= 0.3 is 5.97 Å². The largest absolute Gasteiger partial charge is 0.448 e. The smallest absolute Gasteiger partial charge is 0.356 e. The summed E-state index contributed by atoms with van der Waals surface area (Å²) in [4.78, 5) is 56.9. The van der Waals surface area contributed by atoms with E-state index in [1.165, 1.54) is 28.4 Å². The van der Waals surface area contributed by atoms with Crippen LogP contribution < -0.4 is 11.1 Å². The van der Waals surface area contributed by atoms with Crippen LogP contribution in [0.4, 0.5) is 5.13 Å². The standard InChI is InChI=1S/C49H41N7O5S3/c1-55-28-32(27-51-55)29-62-39-31-63-46-41(45(58)56(46)42(39)47(59)60-43(33-17-7-2-8-18-33)34-19-9-3-10-20-34)53-44(57)40(38-30-64-48(50)52-38)54-61-49(35-21-11-4-12-22-35,36-23-13-5-14-24-36)37-25-15-6-16-26-37/h2-28,30,41,43,46H,29,31H2,1H3,(H2,50,52)(H,53,57)/t41-,46+/m1/s1. The normalized spacial score (nSPS) is 16.2. The number of thioether (sulfide) groups is 2. The Morgan fingerprint density at radius 2 is 1.41 bits per heavy atom. The maximum absolute atomic E-state index is 14.6. The molecule has 2 aliphatic heterocycles. The van der Waals surface area contributed by atoms with E-state index in [0.717, 1.165) is 44.7 Å². The molecule has 0 radical (unpaired) electrons. The lowest BCUT2D eigenvalue weighted by Gasteiger charge is -2.49. The molecule has 2 aliphatic rings. The molecule has 15 heteroatoms. The molecule has 2 aromatic heterocycles. The highest BCUT2D eigenvalue weighted by Crippen LogP contribution is 2.46. The van der Waals surface area contributed by atoms with Crippen LogP contribution in [-0.2, 0) is 42.4 Å². The highest BCUT2D eigenvalue weighted by molar-refractivity contribution is 8.05. The predicted octanol–water partition coefficient (Wildman–Crippen LogP) is 8.05. The van der Waals surface area contributed by atoms with Crippen molar-refractivity contribution in [3.05, 3.63) is 219 Å². The first kappa shape index (κ1) is 42.4. The molecule has 0 saturated carbocycles. The summed E-state index contributed by atoms with van der Waals surface area (Å²) in [6, 6.07) is 46.9. The number of oxime groups is 1. The van der Waals surface area contributed by atoms with Gasteiger partial charge in [-0.2, -0.15) is 5.10 Å². The number of benzene rings is 5. The summed E-state index contributed by atoms with van der Waals surface area (Å²) in [6.45, 7) is 0. The predicted molar refractivity (Wildman–Crippen MR) is 251 cm³/mol. The van der Waals surface area contributed by atoms with Crippen LogP contribution in [0.25, 0.3) is 0 Å². The van der Waals surface area contributed by atoms with Gasteiger partial charge in [0.15, 0.2) is 16.9 Å². The second kappa shape index (κ2) is 18.8. The van der Waals surface area contributed by atoms with Crippen LogP contribution in [0.5, 0.6) is 0 Å². The Bertz CT molecular complexity index is 2690. The van der Waals surface area contributed by atoms with Gasteiger partial charge in [0.25, 0.3) is 11.8 Å². The third-order valence-corrected chi connectivity index (χ3v) is 14.1. The zero-order valence-electron chi connectivity index (χ0n) is 34.4. The molecule has 1 saturated heterocycles. The molecule has 5 aromatic carbocycles. The van der Waals surface area contributed by atoms with E-state index in [1.807, 2.05) is 165 Å². The van der Waals surface area contributed by atoms with Crippen molar-refractivity contribution in [1.29, 1.82) is 0 Å². The number of rotatable bonds is 15. The number of nitrogen functional groups attached to an aromatic ring is 1. The number of aryl methyl sites for hydroxylation is 1. The van der Waals surface area contributed by atoms with E-state index in [1.54, 1.807) is 16.3 Å². The number of ether oxygens (including phenoxy) is 1. The molecule has 2 atom stereocenters. The van der Waals surface area contributed by atoms with E-state index in [-0.39, 0.29) is 22.2 Å². The lowest BCUT2D eigenvalue weighted by atomic mass is 9.80. The van der Waals surface area contributed by atoms with Gasteiger partial charge in [-0.3, -0.25) is 19.2 Å². The number of nitrogens with two attached hydrogens (primary N) is 1. The van der Waals surface area contributed by atoms with E-state index in [0.29, 0.717) is 16.4 Å². The number of carbonyl (C=O) groups is 3. The lowest BCUT2D eigenvalue weighted by molar-refractivity contribution is -0.154. The molecule has 0 spiro atoms. The molecule has 7 aromatic rings. The number of esters is 1. The first-order chi connectivity index (χ1) is 31.3. The number of amides is 2. The van der Waals surface area contributed by atoms with E-state index in [4.69, 9.17) is 15.3 Å². The molecule has 3 N–H and O–H groups in total. The number of nitrogens with zero attached hydrogens (tertiary/aromatic N) is 5. The van der Waals surface area contributed by atoms with Crippen LogP contribution in [0.15, 0.2) is 185 Å². The number of nitrogens with one attached hydrogen (secondary N) is 1. The number of fused-ring (bicyclic) bond motifs is 1. The van der Waals surface area contributed by atoms with Crippen molar-refractivity contribution in [2.45, 2.75) is 28.9 Å². The SMILES string of the molecule is Cn1cc(CSC2=C(C(=O)OC(c3ccccc3)c3ccccc3)N3C(=O)[C@@H](NC(=O)C(=NOC(c4ccccc4)(c4ccccc4)c4ccccc4)c4csc(N)n4)[C@@H]3SC2)cn1. The van der Waals surface area contributed by atoms with E-state index >= 15 is 0 Å². The summed E-state index contributed by atoms with van der Waals surface area (Å²) in [6.07, 6.45) is 2.94. The third kappa shape index (κ3) is 8.57. The van der Waals surface area contributed by atoms with Gasteiger partial charge in [-0.1, -0.05) is 157 Å². The molecular formula is C49H41N7O5S3. The number of thiazole rings is 1. The Kier molecular flexibility index (Phi) is 12.4. The Morgan fingerprint density at radius 3 is 1.91 bits per heavy atom. The van der Waals surface area contributed by atoms with Crippen molar-refractivity contribution < 1.29 is 24.0 Å². The molecule has 9 rings (SSSR count). The van der Waals surface area contributed by atoms with Crippen LogP contribution in [0.2, 0.25) is 0 Å². The van der Waals surface area contributed by atoms with Crippen molar-refractivity contribution in [2.75, 3.05) is 11.5 Å². The van der Waals surface area contributed by atoms with E-state index < -0.39 is 40.9 Å². The number of β-lactam (4-membered cyclic amide) rings is 1. The van der Waals surface area contributed by atoms with Crippen molar-refractivity contribution in [3.63, 3.8) is 0 Å². The third-order valence-electron chi connectivity index (χ3n) is 10.8. The first-order valence-electron chi connectivity index (χ1n) is 20.3. The monoisotopic (exact) mass is 903 g/mol. The van der Waals surface area contributed by atoms with Gasteiger partial charge in [0.2, 0.25) is 5.60 Å². The summed E-state index contributed by atoms with van der Waals surface area (Å²) in [7, 11) is 1.84. The molecule has 0 unspecified atom stereocenters. The molecule has 1 fully saturated rings. The molecule has 0 aliphatic carbocycles. The Hall–Kier alpha value is -6.94. The van der Waals surface area contributed by atoms with Crippen molar-refractivity contribution in [1.82, 2.24) is 25.0 Å². The summed E-state index contributed by atoms with van der Waals surface area (Å²) in [5.41, 5.74) is 9.76. The summed E-state index contributed by atoms with van der Waals surface area (Å²) < 4.78 is 8.08. The average molecular weight is 904 g/mol. The van der Waals surface area contributed by atoms with Crippen LogP contribution in [0.1, 0.15) is 45.2 Å². The average Bonchev–Trinajstić information content (AvgIpc) is 3.98. The minimum Gasteiger partial charge on any atom is -0.448 e. The van der Waals surface area contributed by atoms with Crippen LogP contribution in [0, 0.1) is 0 Å². The van der Waals surface area contributed by atoms with Crippen LogP contribution in [-0.4, -0.2) is 60.3 Å². The van der Waals surface area contributed by atoms with Crippen LogP contribution >= 0.6 is 34.9 Å². The molecule has 2 amide bonds. The molecular weight excluding hydrogens is 863 g/mol. The van der Waals surface area contributed by atoms with Crippen molar-refractivity contribution in [3.8, 4) is 0 Å². The molecule has 4 heterocycles. The first-order valence-corrected chi connectivity index (χ1v) is 23.3. The lowest BCUT2D eigenvalue weighted by Crippen LogP contribution is -2.71. The fraction of sp³-hybridized carbons (Fsp3) is 0.143. The maximum atomic E-state index is 14.6. The summed E-state index contributed by atoms with van der Waals surface area (Å²) in [5.74, 6) is -0.926. The molecule has 64 heavy (non-hydrogen) atoms. The number of aromatic nitrogens is 3. The zero-order valence-corrected chi connectivity index (χ0v) is 36.8. The molecule has 320 valence electrons. The highest BCUT2D eigenvalue weighted by Gasteiger charge is 2.55. The topological polar surface area (TPSA) is 154 Å². The number of hydrogen-bond acceptors (Lipinski definition) is 12. The van der Waals surface area contributed by atoms with Gasteiger partial charge in [0.1, 0.15) is 22.8 Å². The van der Waals surface area contributed by atoms with Gasteiger partial charge in [0, 0.05) is 57.3 Å². The van der Waals surface area contributed by atoms with Gasteiger partial charge in [0.05, 0.1) is 6.20 Å². The number of hydrogen-bond donors (Lipinski definition) is 2. The minimum atomic E-state index is -1.31. The fourth-order valence-corrected chi connectivity index (χ4v) is 10.8. The second-order valence-electron chi connectivity index (χ2n) is 14.9. The molecule has 0 bridgehead atoms. The fourth-order valence-electron chi connectivity index (χ4n) is 7.76. The van der Waals surface area contributed by atoms with Gasteiger partial charge in [-0.15, -0.1) is 34.9 Å². The Labute approximate surface area is 382 Å². The van der Waals surface area contributed by atoms with E-state index in [9.17, 15) is 14.4 Å². The minimum absolute atomic E-state index is 0.146. The summed E-state index contributed by atoms with van der Waals surface area (Å²) >= 11 is 4.05. The van der Waals surface area contributed by atoms with Gasteiger partial charge < -0.3 is 20.6 Å². The van der Waals surface area contributed by atoms with E-state index in [2.05, 4.69) is 20.6 Å². The quantitative estimate of drug-likeness (QED) is 0.0340. The zero-order chi connectivity index (χ0) is 44.0. The maximum Gasteiger partial charge on any atom is 0.356 e. The molecule has 12 nitrogen and oxygen atoms in total. The van der Waals surface area contributed by atoms with Crippen molar-refractivity contribution >= 4 is 63.5 Å².